The van der Waals surface area contributed by atoms with Crippen molar-refractivity contribution in [3.05, 3.63) is 29.1 Å². The van der Waals surface area contributed by atoms with Gasteiger partial charge in [0.25, 0.3) is 6.43 Å². The number of halogens is 8. The van der Waals surface area contributed by atoms with Gasteiger partial charge in [0, 0.05) is 13.2 Å². The van der Waals surface area contributed by atoms with E-state index < -0.39 is 68.3 Å². The molecule has 11 heteroatoms. The summed E-state index contributed by atoms with van der Waals surface area (Å²) in [6, 6.07) is 0. The van der Waals surface area contributed by atoms with Crippen LogP contribution in [0.4, 0.5) is 35.1 Å². The number of benzene rings is 1. The van der Waals surface area contributed by atoms with Crippen molar-refractivity contribution in [3.63, 3.8) is 0 Å². The summed E-state index contributed by atoms with van der Waals surface area (Å²) in [6.07, 6.45) is -3.81. The van der Waals surface area contributed by atoms with Crippen molar-refractivity contribution in [3.8, 4) is 0 Å². The van der Waals surface area contributed by atoms with Gasteiger partial charge in [-0.15, -0.1) is 0 Å². The first-order valence-electron chi connectivity index (χ1n) is 6.37. The Hall–Kier alpha value is -1.20. The topological polar surface area (TPSA) is 18.5 Å². The number of alkyl halides is 3. The third kappa shape index (κ3) is 3.36. The van der Waals surface area contributed by atoms with Crippen molar-refractivity contribution >= 4 is 13.7 Å². The lowest BCUT2D eigenvalue weighted by Gasteiger charge is -2.33. The highest BCUT2D eigenvalue weighted by Gasteiger charge is 2.58. The summed E-state index contributed by atoms with van der Waals surface area (Å²) in [7, 11) is -5.33. The summed E-state index contributed by atoms with van der Waals surface area (Å²) in [4.78, 5) is 0. The summed E-state index contributed by atoms with van der Waals surface area (Å²) < 4.78 is 117. The Balaban J connectivity index is 3.80. The van der Waals surface area contributed by atoms with Crippen molar-refractivity contribution in [2.75, 3.05) is 13.2 Å². The molecule has 0 aliphatic heterocycles. The summed E-state index contributed by atoms with van der Waals surface area (Å²) in [5.74, 6) is -15.5. The molecule has 0 aliphatic carbocycles. The molecule has 0 heterocycles. The van der Waals surface area contributed by atoms with Crippen molar-refractivity contribution in [2.24, 2.45) is 0 Å². The largest absolute Gasteiger partial charge is 0.420 e. The van der Waals surface area contributed by atoms with Crippen LogP contribution >= 0.6 is 0 Å². The van der Waals surface area contributed by atoms with Crippen LogP contribution < -0.4 is 5.19 Å². The normalized spacial score (nSPS) is 13.7. The maximum absolute atomic E-state index is 14.0. The molecule has 0 radical (unpaired) electrons. The van der Waals surface area contributed by atoms with Crippen LogP contribution in [-0.4, -0.2) is 34.0 Å². The summed E-state index contributed by atoms with van der Waals surface area (Å²) in [5.41, 5.74) is 0. The van der Waals surface area contributed by atoms with Gasteiger partial charge in [0.15, 0.2) is 23.3 Å². The van der Waals surface area contributed by atoms with E-state index in [1.54, 1.807) is 0 Å². The molecule has 1 rings (SSSR count). The van der Waals surface area contributed by atoms with E-state index >= 15 is 0 Å². The Morgan fingerprint density at radius 1 is 0.739 bits per heavy atom. The maximum atomic E-state index is 14.0. The molecule has 1 aromatic carbocycles. The molecule has 0 bridgehead atoms. The minimum absolute atomic E-state index is 0.543. The van der Waals surface area contributed by atoms with Gasteiger partial charge in [0.05, 0.1) is 5.19 Å². The van der Waals surface area contributed by atoms with E-state index in [9.17, 15) is 35.1 Å². The molecule has 132 valence electrons. The van der Waals surface area contributed by atoms with Crippen LogP contribution in [-0.2, 0) is 8.85 Å². The van der Waals surface area contributed by atoms with Gasteiger partial charge in [-0.25, -0.2) is 35.1 Å². The molecular weight excluding hydrogens is 356 g/mol. The monoisotopic (exact) mass is 368 g/mol. The second-order valence-corrected chi connectivity index (χ2v) is 7.18. The highest BCUT2D eigenvalue weighted by Crippen LogP contribution is 2.27. The van der Waals surface area contributed by atoms with Crippen LogP contribution in [0.15, 0.2) is 0 Å². The average molecular weight is 368 g/mol. The first kappa shape index (κ1) is 19.8. The third-order valence-electron chi connectivity index (χ3n) is 2.86. The third-order valence-corrected chi connectivity index (χ3v) is 6.41. The van der Waals surface area contributed by atoms with Crippen molar-refractivity contribution < 1.29 is 44.0 Å². The Labute approximate surface area is 127 Å². The minimum Gasteiger partial charge on any atom is -0.389 e. The lowest BCUT2D eigenvalue weighted by Crippen LogP contribution is -2.66. The van der Waals surface area contributed by atoms with Crippen LogP contribution in [0.2, 0.25) is 0 Å². The lowest BCUT2D eigenvalue weighted by molar-refractivity contribution is 0.0496. The van der Waals surface area contributed by atoms with Gasteiger partial charge < -0.3 is 8.85 Å². The molecule has 2 nitrogen and oxygen atoms in total. The zero-order valence-electron chi connectivity index (χ0n) is 11.9. The van der Waals surface area contributed by atoms with Crippen molar-refractivity contribution in [1.29, 1.82) is 0 Å². The van der Waals surface area contributed by atoms with E-state index in [1.807, 2.05) is 0 Å². The molecule has 0 saturated carbocycles. The van der Waals surface area contributed by atoms with Crippen molar-refractivity contribution in [1.82, 2.24) is 0 Å². The molecule has 0 amide bonds. The predicted molar refractivity (Wildman–Crippen MR) is 65.8 cm³/mol. The quantitative estimate of drug-likeness (QED) is 0.318. The van der Waals surface area contributed by atoms with Gasteiger partial charge in [-0.2, -0.15) is 0 Å². The molecular formula is C12H12F8O2Si. The Bertz CT molecular complexity index is 533. The molecule has 0 aliphatic rings. The van der Waals surface area contributed by atoms with Crippen LogP contribution in [0.5, 0.6) is 0 Å². The van der Waals surface area contributed by atoms with Gasteiger partial charge >= 0.3 is 8.56 Å². The van der Waals surface area contributed by atoms with E-state index in [4.69, 9.17) is 8.85 Å². The summed E-state index contributed by atoms with van der Waals surface area (Å²) in [5, 5.41) is -1.80. The minimum atomic E-state index is -5.33. The second-order valence-electron chi connectivity index (χ2n) is 4.21. The first-order valence-corrected chi connectivity index (χ1v) is 8.27. The maximum Gasteiger partial charge on any atom is 0.420 e. The van der Waals surface area contributed by atoms with Crippen LogP contribution in [0, 0.1) is 29.1 Å². The van der Waals surface area contributed by atoms with Gasteiger partial charge in [-0.05, 0) is 13.8 Å². The van der Waals surface area contributed by atoms with Crippen LogP contribution in [0.25, 0.3) is 0 Å². The second kappa shape index (κ2) is 7.58. The predicted octanol–water partition coefficient (Wildman–Crippen LogP) is 3.25. The van der Waals surface area contributed by atoms with Crippen LogP contribution in [0.3, 0.4) is 0 Å². The molecule has 1 unspecified atom stereocenters. The number of hydrogen-bond acceptors (Lipinski definition) is 2. The number of rotatable bonds is 7. The lowest BCUT2D eigenvalue weighted by atomic mass is 10.3. The van der Waals surface area contributed by atoms with E-state index in [1.165, 1.54) is 13.8 Å². The van der Waals surface area contributed by atoms with Gasteiger partial charge in [0.2, 0.25) is 11.6 Å². The Kier molecular flexibility index (Phi) is 6.54. The summed E-state index contributed by atoms with van der Waals surface area (Å²) >= 11 is 0. The SMILES string of the molecule is CCO[Si](OCC)(c1c(F)c(F)c(F)c(F)c1F)C(F)C(F)F. The zero-order valence-corrected chi connectivity index (χ0v) is 12.9. The Morgan fingerprint density at radius 3 is 1.39 bits per heavy atom. The molecule has 0 aromatic heterocycles. The fourth-order valence-electron chi connectivity index (χ4n) is 1.99. The van der Waals surface area contributed by atoms with Crippen molar-refractivity contribution in [2.45, 2.75) is 26.1 Å². The van der Waals surface area contributed by atoms with Gasteiger partial charge in [-0.3, -0.25) is 0 Å². The molecule has 1 atom stereocenters. The highest BCUT2D eigenvalue weighted by molar-refractivity contribution is 6.82. The Morgan fingerprint density at radius 2 is 1.09 bits per heavy atom. The van der Waals surface area contributed by atoms with E-state index in [0.717, 1.165) is 0 Å². The molecule has 0 saturated heterocycles. The van der Waals surface area contributed by atoms with Gasteiger partial charge in [0.1, 0.15) is 0 Å². The smallest absolute Gasteiger partial charge is 0.389 e. The molecule has 0 spiro atoms. The highest BCUT2D eigenvalue weighted by atomic mass is 28.4. The average Bonchev–Trinajstić information content (AvgIpc) is 2.50. The van der Waals surface area contributed by atoms with Crippen LogP contribution in [0.1, 0.15) is 13.8 Å². The standard InChI is InChI=1S/C12H12F8O2Si/c1-3-21-23(22-4-2,12(20)11(18)19)10-8(16)6(14)5(13)7(15)9(10)17/h11-12H,3-4H2,1-2H3. The fraction of sp³-hybridized carbons (Fsp3) is 0.500. The molecule has 0 fully saturated rings. The molecule has 1 aromatic rings. The van der Waals surface area contributed by atoms with E-state index in [2.05, 4.69) is 0 Å². The van der Waals surface area contributed by atoms with Gasteiger partial charge in [-0.1, -0.05) is 0 Å². The first-order chi connectivity index (χ1) is 10.7. The summed E-state index contributed by atoms with van der Waals surface area (Å²) in [6.45, 7) is 1.26. The zero-order chi connectivity index (χ0) is 17.9. The molecule has 0 N–H and O–H groups in total. The molecule has 23 heavy (non-hydrogen) atoms. The van der Waals surface area contributed by atoms with E-state index in [-0.39, 0.29) is 0 Å². The van der Waals surface area contributed by atoms with E-state index in [0.29, 0.717) is 0 Å². The fourth-order valence-corrected chi connectivity index (χ4v) is 4.98. The number of hydrogen-bond donors (Lipinski definition) is 0.